The molecule has 1 saturated heterocycles. The molecule has 1 aromatic carbocycles. The van der Waals surface area contributed by atoms with Crippen LogP contribution in [0.2, 0.25) is 5.02 Å². The van der Waals surface area contributed by atoms with Crippen molar-refractivity contribution in [2.45, 2.75) is 70.5 Å². The van der Waals surface area contributed by atoms with Gasteiger partial charge in [-0.3, -0.25) is 19.5 Å². The second-order valence-electron chi connectivity index (χ2n) is 9.77. The highest BCUT2D eigenvalue weighted by atomic mass is 35.5. The first-order valence-electron chi connectivity index (χ1n) is 13.2. The number of rotatable bonds is 10. The van der Waals surface area contributed by atoms with E-state index < -0.39 is 29.3 Å². The third kappa shape index (κ3) is 7.05. The summed E-state index contributed by atoms with van der Waals surface area (Å²) in [5.41, 5.74) is 5.01. The summed E-state index contributed by atoms with van der Waals surface area (Å²) in [5.74, 6) is -1.96. The van der Waals surface area contributed by atoms with Crippen molar-refractivity contribution in [3.05, 3.63) is 64.4 Å². The molecule has 1 saturated carbocycles. The van der Waals surface area contributed by atoms with Crippen LogP contribution in [0, 0.1) is 5.41 Å². The zero-order valence-electron chi connectivity index (χ0n) is 21.9. The van der Waals surface area contributed by atoms with E-state index in [1.807, 2.05) is 13.8 Å². The summed E-state index contributed by atoms with van der Waals surface area (Å²) >= 11 is 6.40. The fourth-order valence-electron chi connectivity index (χ4n) is 5.22. The number of nitrogens with zero attached hydrogens (tertiary/aromatic N) is 2. The molecule has 0 radical (unpaired) electrons. The van der Waals surface area contributed by atoms with Gasteiger partial charge in [0.1, 0.15) is 0 Å². The maximum atomic E-state index is 14.0. The van der Waals surface area contributed by atoms with Crippen LogP contribution in [0.5, 0.6) is 0 Å². The molecule has 38 heavy (non-hydrogen) atoms. The molecule has 1 aromatic heterocycles. The van der Waals surface area contributed by atoms with Crippen LogP contribution in [-0.2, 0) is 11.2 Å². The summed E-state index contributed by atoms with van der Waals surface area (Å²) in [6, 6.07) is 8.04. The zero-order chi connectivity index (χ0) is 27.9. The highest BCUT2D eigenvalue weighted by Gasteiger charge is 2.67. The normalized spacial score (nSPS) is 18.2. The second kappa shape index (κ2) is 12.9. The lowest BCUT2D eigenvalue weighted by atomic mass is 9.80. The average Bonchev–Trinajstić information content (AvgIpc) is 3.54. The standard InChI is InChI=1S/C26H30ClF3N4O2.C2H6/c27-22-13-18(24(31)36)6-5-17(22)12-20(34-10-1-2-11-34)16-33-23(35)14-21(19-4-3-9-32-15-19)25(7-8-25)26(28,29)30;1-2/h3-6,9,13,15,20-21H,1-2,7-8,10-12,14,16H2,(H2,31,36)(H,33,35);1-2H3/t20-,21+;/m0./s1. The van der Waals surface area contributed by atoms with Crippen molar-refractivity contribution in [3.63, 3.8) is 0 Å². The molecule has 2 aromatic rings. The third-order valence-electron chi connectivity index (χ3n) is 7.48. The van der Waals surface area contributed by atoms with Gasteiger partial charge in [0.25, 0.3) is 0 Å². The van der Waals surface area contributed by atoms with E-state index in [-0.39, 0.29) is 31.8 Å². The number of amides is 2. The first-order chi connectivity index (χ1) is 18.1. The number of hydrogen-bond acceptors (Lipinski definition) is 4. The second-order valence-corrected chi connectivity index (χ2v) is 10.2. The number of hydrogen-bond donors (Lipinski definition) is 2. The number of carbonyl (C=O) groups is 2. The first-order valence-corrected chi connectivity index (χ1v) is 13.5. The summed E-state index contributed by atoms with van der Waals surface area (Å²) in [6.07, 6.45) is 0.914. The first kappa shape index (κ1) is 29.9. The molecule has 208 valence electrons. The van der Waals surface area contributed by atoms with Crippen molar-refractivity contribution >= 4 is 23.4 Å². The molecule has 1 aliphatic carbocycles. The Hall–Kier alpha value is -2.65. The number of aromatic nitrogens is 1. The number of likely N-dealkylation sites (tertiary alicyclic amines) is 1. The minimum atomic E-state index is -4.39. The van der Waals surface area contributed by atoms with Gasteiger partial charge >= 0.3 is 6.18 Å². The number of halogens is 4. The van der Waals surface area contributed by atoms with Gasteiger partial charge in [0.15, 0.2) is 0 Å². The molecule has 10 heteroatoms. The zero-order valence-corrected chi connectivity index (χ0v) is 22.6. The maximum Gasteiger partial charge on any atom is 0.395 e. The lowest BCUT2D eigenvalue weighted by Gasteiger charge is -2.30. The van der Waals surface area contributed by atoms with Crippen molar-refractivity contribution in [2.24, 2.45) is 11.1 Å². The van der Waals surface area contributed by atoms with Gasteiger partial charge in [-0.05, 0) is 74.5 Å². The Bertz CT molecular complexity index is 1090. The molecule has 2 atom stereocenters. The SMILES string of the molecule is CC.NC(=O)c1ccc(C[C@@H](CNC(=O)C[C@H](c2cccnc2)C2(C(F)(F)F)CC2)N2CCCC2)c(Cl)c1. The van der Waals surface area contributed by atoms with Crippen LogP contribution in [0.15, 0.2) is 42.7 Å². The van der Waals surface area contributed by atoms with Gasteiger partial charge in [0.2, 0.25) is 11.8 Å². The average molecular weight is 553 g/mol. The molecule has 2 fully saturated rings. The van der Waals surface area contributed by atoms with E-state index in [0.717, 1.165) is 31.5 Å². The van der Waals surface area contributed by atoms with Crippen LogP contribution in [0.3, 0.4) is 0 Å². The molecule has 1 aliphatic heterocycles. The highest BCUT2D eigenvalue weighted by molar-refractivity contribution is 6.31. The molecule has 6 nitrogen and oxygen atoms in total. The fraction of sp³-hybridized carbons (Fsp3) is 0.536. The largest absolute Gasteiger partial charge is 0.395 e. The molecule has 0 spiro atoms. The molecular weight excluding hydrogens is 517 g/mol. The van der Waals surface area contributed by atoms with Crippen LogP contribution in [0.4, 0.5) is 13.2 Å². The number of primary amides is 1. The summed E-state index contributed by atoms with van der Waals surface area (Å²) in [4.78, 5) is 30.7. The highest BCUT2D eigenvalue weighted by Crippen LogP contribution is 2.66. The van der Waals surface area contributed by atoms with Gasteiger partial charge in [-0.2, -0.15) is 13.2 Å². The van der Waals surface area contributed by atoms with Crippen molar-refractivity contribution < 1.29 is 22.8 Å². The van der Waals surface area contributed by atoms with E-state index in [0.29, 0.717) is 22.6 Å². The predicted octanol–water partition coefficient (Wildman–Crippen LogP) is 5.50. The third-order valence-corrected chi connectivity index (χ3v) is 7.83. The summed E-state index contributed by atoms with van der Waals surface area (Å²) < 4.78 is 41.9. The van der Waals surface area contributed by atoms with Crippen LogP contribution in [0.25, 0.3) is 0 Å². The van der Waals surface area contributed by atoms with Crippen molar-refractivity contribution in [1.29, 1.82) is 0 Å². The molecule has 3 N–H and O–H groups in total. The minimum Gasteiger partial charge on any atom is -0.366 e. The summed E-state index contributed by atoms with van der Waals surface area (Å²) in [7, 11) is 0. The van der Waals surface area contributed by atoms with Gasteiger partial charge < -0.3 is 11.1 Å². The number of nitrogens with one attached hydrogen (secondary N) is 1. The number of benzene rings is 1. The van der Waals surface area contributed by atoms with Gasteiger partial charge in [0.05, 0.1) is 5.41 Å². The lowest BCUT2D eigenvalue weighted by molar-refractivity contribution is -0.194. The Balaban J connectivity index is 0.00000195. The fourth-order valence-corrected chi connectivity index (χ4v) is 5.48. The molecular formula is C28H36ClF3N4O2. The Morgan fingerprint density at radius 1 is 1.18 bits per heavy atom. The monoisotopic (exact) mass is 552 g/mol. The van der Waals surface area contributed by atoms with E-state index in [1.54, 1.807) is 24.3 Å². The van der Waals surface area contributed by atoms with Crippen LogP contribution in [-0.4, -0.2) is 53.6 Å². The topological polar surface area (TPSA) is 88.3 Å². The number of carbonyl (C=O) groups excluding carboxylic acids is 2. The van der Waals surface area contributed by atoms with E-state index >= 15 is 0 Å². The molecule has 2 heterocycles. The Kier molecular flexibility index (Phi) is 10.2. The Morgan fingerprint density at radius 3 is 2.39 bits per heavy atom. The van der Waals surface area contributed by atoms with Crippen LogP contribution < -0.4 is 11.1 Å². The predicted molar refractivity (Wildman–Crippen MR) is 142 cm³/mol. The van der Waals surface area contributed by atoms with Crippen molar-refractivity contribution in [3.8, 4) is 0 Å². The van der Waals surface area contributed by atoms with E-state index in [2.05, 4.69) is 15.2 Å². The van der Waals surface area contributed by atoms with E-state index in [9.17, 15) is 22.8 Å². The van der Waals surface area contributed by atoms with Crippen LogP contribution in [0.1, 0.15) is 73.4 Å². The number of nitrogens with two attached hydrogens (primary N) is 1. The van der Waals surface area contributed by atoms with E-state index in [4.69, 9.17) is 17.3 Å². The molecule has 0 unspecified atom stereocenters. The minimum absolute atomic E-state index is 0.0134. The quantitative estimate of drug-likeness (QED) is 0.407. The van der Waals surface area contributed by atoms with Gasteiger partial charge in [-0.1, -0.05) is 37.6 Å². The lowest BCUT2D eigenvalue weighted by Crippen LogP contribution is -2.44. The molecule has 0 bridgehead atoms. The molecule has 2 amide bonds. The van der Waals surface area contributed by atoms with Gasteiger partial charge in [-0.15, -0.1) is 0 Å². The molecule has 2 aliphatic rings. The summed E-state index contributed by atoms with van der Waals surface area (Å²) in [6.45, 7) is 6.02. The van der Waals surface area contributed by atoms with E-state index in [1.165, 1.54) is 18.5 Å². The summed E-state index contributed by atoms with van der Waals surface area (Å²) in [5, 5.41) is 3.31. The number of alkyl halides is 3. The molecule has 4 rings (SSSR count). The van der Waals surface area contributed by atoms with Crippen LogP contribution >= 0.6 is 11.6 Å². The van der Waals surface area contributed by atoms with Gasteiger partial charge in [-0.25, -0.2) is 0 Å². The smallest absolute Gasteiger partial charge is 0.366 e. The maximum absolute atomic E-state index is 14.0. The Labute approximate surface area is 227 Å². The van der Waals surface area contributed by atoms with Gasteiger partial charge in [0, 0.05) is 47.9 Å². The Morgan fingerprint density at radius 2 is 1.87 bits per heavy atom. The number of pyridine rings is 1. The van der Waals surface area contributed by atoms with Crippen molar-refractivity contribution in [2.75, 3.05) is 19.6 Å². The van der Waals surface area contributed by atoms with Crippen molar-refractivity contribution in [1.82, 2.24) is 15.2 Å².